The summed E-state index contributed by atoms with van der Waals surface area (Å²) in [6.45, 7) is 0. The molecule has 0 unspecified atom stereocenters. The van der Waals surface area contributed by atoms with Crippen molar-refractivity contribution in [3.63, 3.8) is 0 Å². The predicted molar refractivity (Wildman–Crippen MR) is 44.0 cm³/mol. The van der Waals surface area contributed by atoms with Crippen LogP contribution in [0.2, 0.25) is 5.02 Å². The van der Waals surface area contributed by atoms with Gasteiger partial charge in [-0.05, 0) is 6.07 Å². The highest BCUT2D eigenvalue weighted by Gasteiger charge is 2.15. The molecule has 3 nitrogen and oxygen atoms in total. The molecule has 0 aromatic heterocycles. The van der Waals surface area contributed by atoms with E-state index in [1.165, 1.54) is 13.2 Å². The number of hydrogen-bond donors (Lipinski definition) is 2. The molecule has 0 fully saturated rings. The number of nitrogens with two attached hydrogens (primary N) is 1. The van der Waals surface area contributed by atoms with Crippen LogP contribution >= 0.6 is 11.6 Å². The first-order valence-corrected chi connectivity index (χ1v) is 3.46. The van der Waals surface area contributed by atoms with Crippen LogP contribution in [0.1, 0.15) is 0 Å². The van der Waals surface area contributed by atoms with Crippen molar-refractivity contribution in [3.05, 3.63) is 16.9 Å². The first-order chi connectivity index (χ1) is 5.57. The lowest BCUT2D eigenvalue weighted by atomic mass is 10.2. The summed E-state index contributed by atoms with van der Waals surface area (Å²) in [7, 11) is 1.25. The molecule has 1 rings (SSSR count). The minimum absolute atomic E-state index is 0.0535. The number of phenols is 1. The molecule has 0 aliphatic rings. The molecule has 3 N–H and O–H groups in total. The normalized spacial score (nSPS) is 9.92. The van der Waals surface area contributed by atoms with Crippen molar-refractivity contribution in [3.8, 4) is 11.5 Å². The highest BCUT2D eigenvalue weighted by molar-refractivity contribution is 6.32. The van der Waals surface area contributed by atoms with Gasteiger partial charge in [0.05, 0.1) is 17.8 Å². The molecule has 0 amide bonds. The Labute approximate surface area is 73.5 Å². The van der Waals surface area contributed by atoms with Gasteiger partial charge in [-0.25, -0.2) is 0 Å². The van der Waals surface area contributed by atoms with Gasteiger partial charge in [-0.1, -0.05) is 11.6 Å². The van der Waals surface area contributed by atoms with Gasteiger partial charge >= 0.3 is 0 Å². The van der Waals surface area contributed by atoms with E-state index in [1.54, 1.807) is 0 Å². The second-order valence-electron chi connectivity index (χ2n) is 2.14. The van der Waals surface area contributed by atoms with Crippen LogP contribution in [0.5, 0.6) is 11.5 Å². The van der Waals surface area contributed by atoms with Crippen molar-refractivity contribution in [1.29, 1.82) is 0 Å². The van der Waals surface area contributed by atoms with E-state index in [0.717, 1.165) is 0 Å². The van der Waals surface area contributed by atoms with Crippen molar-refractivity contribution in [2.24, 2.45) is 0 Å². The van der Waals surface area contributed by atoms with Gasteiger partial charge in [-0.3, -0.25) is 0 Å². The van der Waals surface area contributed by atoms with Gasteiger partial charge in [0.2, 0.25) is 5.82 Å². The molecule has 0 bridgehead atoms. The Morgan fingerprint density at radius 1 is 1.67 bits per heavy atom. The monoisotopic (exact) mass is 191 g/mol. The topological polar surface area (TPSA) is 55.5 Å². The minimum Gasteiger partial charge on any atom is -0.504 e. The summed E-state index contributed by atoms with van der Waals surface area (Å²) in [6.07, 6.45) is 0. The van der Waals surface area contributed by atoms with Crippen LogP contribution in [0, 0.1) is 5.82 Å². The van der Waals surface area contributed by atoms with Gasteiger partial charge in [0.1, 0.15) is 0 Å². The van der Waals surface area contributed by atoms with Crippen LogP contribution in [-0.4, -0.2) is 12.2 Å². The molecule has 0 saturated heterocycles. The average molecular weight is 192 g/mol. The van der Waals surface area contributed by atoms with Crippen LogP contribution in [0.4, 0.5) is 10.1 Å². The zero-order valence-electron chi connectivity index (χ0n) is 6.27. The molecule has 0 atom stereocenters. The van der Waals surface area contributed by atoms with Crippen LogP contribution in [0.3, 0.4) is 0 Å². The number of rotatable bonds is 1. The highest BCUT2D eigenvalue weighted by Crippen LogP contribution is 2.37. The van der Waals surface area contributed by atoms with Crippen molar-refractivity contribution in [2.45, 2.75) is 0 Å². The molecule has 0 spiro atoms. The fourth-order valence-corrected chi connectivity index (χ4v) is 1.02. The molecule has 0 aliphatic heterocycles. The Morgan fingerprint density at radius 2 is 2.25 bits per heavy atom. The van der Waals surface area contributed by atoms with Gasteiger partial charge in [0, 0.05) is 0 Å². The minimum atomic E-state index is -0.942. The van der Waals surface area contributed by atoms with E-state index in [4.69, 9.17) is 22.4 Å². The fraction of sp³-hybridized carbons (Fsp3) is 0.143. The standard InChI is InChI=1S/C7H7ClFNO2/c1-12-7-4(10)2-3(8)6(11)5(7)9/h2,11H,10H2,1H3. The van der Waals surface area contributed by atoms with E-state index in [1.807, 2.05) is 0 Å². The molecule has 0 aliphatic carbocycles. The molecule has 1 aromatic carbocycles. The number of phenolic OH excluding ortho intramolecular Hbond substituents is 1. The number of methoxy groups -OCH3 is 1. The van der Waals surface area contributed by atoms with Crippen LogP contribution in [-0.2, 0) is 0 Å². The predicted octanol–water partition coefficient (Wildman–Crippen LogP) is 1.78. The van der Waals surface area contributed by atoms with E-state index < -0.39 is 11.6 Å². The Balaban J connectivity index is 3.40. The molecule has 0 saturated carbocycles. The summed E-state index contributed by atoms with van der Waals surface area (Å²) in [5.41, 5.74) is 5.39. The van der Waals surface area contributed by atoms with Gasteiger partial charge < -0.3 is 15.6 Å². The average Bonchev–Trinajstić information content (AvgIpc) is 2.01. The molecule has 0 heterocycles. The highest BCUT2D eigenvalue weighted by atomic mass is 35.5. The number of nitrogen functional groups attached to an aromatic ring is 1. The Morgan fingerprint density at radius 3 is 2.75 bits per heavy atom. The zero-order chi connectivity index (χ0) is 9.30. The number of hydrogen-bond acceptors (Lipinski definition) is 3. The van der Waals surface area contributed by atoms with Crippen molar-refractivity contribution < 1.29 is 14.2 Å². The quantitative estimate of drug-likeness (QED) is 0.526. The second kappa shape index (κ2) is 3.06. The summed E-state index contributed by atoms with van der Waals surface area (Å²) in [5.74, 6) is -1.79. The maximum Gasteiger partial charge on any atom is 0.210 e. The Hall–Kier alpha value is -1.16. The van der Waals surface area contributed by atoms with Crippen molar-refractivity contribution in [1.82, 2.24) is 0 Å². The molecule has 5 heteroatoms. The van der Waals surface area contributed by atoms with Gasteiger partial charge in [-0.2, -0.15) is 4.39 Å². The largest absolute Gasteiger partial charge is 0.504 e. The number of anilines is 1. The van der Waals surface area contributed by atoms with Gasteiger partial charge in [-0.15, -0.1) is 0 Å². The third-order valence-electron chi connectivity index (χ3n) is 1.38. The van der Waals surface area contributed by atoms with Crippen LogP contribution in [0.15, 0.2) is 6.07 Å². The van der Waals surface area contributed by atoms with Crippen molar-refractivity contribution in [2.75, 3.05) is 12.8 Å². The van der Waals surface area contributed by atoms with E-state index in [0.29, 0.717) is 0 Å². The molecular weight excluding hydrogens is 185 g/mol. The Kier molecular flexibility index (Phi) is 2.28. The fourth-order valence-electron chi connectivity index (χ4n) is 0.817. The second-order valence-corrected chi connectivity index (χ2v) is 2.55. The van der Waals surface area contributed by atoms with Crippen LogP contribution < -0.4 is 10.5 Å². The number of halogens is 2. The number of benzene rings is 1. The van der Waals surface area contributed by atoms with Gasteiger partial charge in [0.15, 0.2) is 11.5 Å². The lowest BCUT2D eigenvalue weighted by molar-refractivity contribution is 0.366. The molecule has 0 radical (unpaired) electrons. The third kappa shape index (κ3) is 1.25. The zero-order valence-corrected chi connectivity index (χ0v) is 7.02. The van der Waals surface area contributed by atoms with E-state index in [9.17, 15) is 4.39 Å². The maximum atomic E-state index is 13.0. The third-order valence-corrected chi connectivity index (χ3v) is 1.67. The summed E-state index contributed by atoms with van der Waals surface area (Å²) in [6, 6.07) is 1.22. The Bertz CT molecular complexity index is 317. The lowest BCUT2D eigenvalue weighted by Gasteiger charge is -2.07. The summed E-state index contributed by atoms with van der Waals surface area (Å²) in [4.78, 5) is 0. The number of aromatic hydroxyl groups is 1. The van der Waals surface area contributed by atoms with E-state index in [-0.39, 0.29) is 16.5 Å². The first kappa shape index (κ1) is 8.93. The maximum absolute atomic E-state index is 13.0. The van der Waals surface area contributed by atoms with E-state index in [2.05, 4.69) is 4.74 Å². The summed E-state index contributed by atoms with van der Waals surface area (Å²) >= 11 is 5.42. The molecular formula is C7H7ClFNO2. The SMILES string of the molecule is COc1c(N)cc(Cl)c(O)c1F. The smallest absolute Gasteiger partial charge is 0.210 e. The van der Waals surface area contributed by atoms with E-state index >= 15 is 0 Å². The summed E-state index contributed by atoms with van der Waals surface area (Å²) < 4.78 is 17.6. The van der Waals surface area contributed by atoms with Gasteiger partial charge in [0.25, 0.3) is 0 Å². The van der Waals surface area contributed by atoms with Crippen LogP contribution in [0.25, 0.3) is 0 Å². The molecule has 12 heavy (non-hydrogen) atoms. The number of ether oxygens (including phenoxy) is 1. The molecule has 66 valence electrons. The molecule has 1 aromatic rings. The lowest BCUT2D eigenvalue weighted by Crippen LogP contribution is -1.96. The summed E-state index contributed by atoms with van der Waals surface area (Å²) in [5, 5.41) is 8.87. The van der Waals surface area contributed by atoms with Crippen molar-refractivity contribution >= 4 is 17.3 Å². The first-order valence-electron chi connectivity index (χ1n) is 3.08.